The average Bonchev–Trinajstić information content (AvgIpc) is 2.72. The van der Waals surface area contributed by atoms with Crippen molar-refractivity contribution < 1.29 is 82.6 Å². The van der Waals surface area contributed by atoms with Crippen LogP contribution in [0.3, 0.4) is 0 Å². The van der Waals surface area contributed by atoms with Crippen molar-refractivity contribution in [3.05, 3.63) is 0 Å². The Bertz CT molecular complexity index is 444. The number of ether oxygens (including phenoxy) is 1. The molecule has 0 bridgehead atoms. The number of hydrogen-bond donors (Lipinski definition) is 0. The Kier molecular flexibility index (Phi) is 5.79. The molecule has 0 N–H and O–H groups in total. The first-order chi connectivity index (χ1) is 9.31. The molecule has 122 valence electrons. The quantitative estimate of drug-likeness (QED) is 0.517. The summed E-state index contributed by atoms with van der Waals surface area (Å²) in [7, 11) is 0. The average molecular weight is 353 g/mol. The van der Waals surface area contributed by atoms with Gasteiger partial charge in [0.25, 0.3) is 0 Å². The van der Waals surface area contributed by atoms with Crippen molar-refractivity contribution in [2.24, 2.45) is 5.41 Å². The number of nitrogens with zero attached hydrogens (tertiary/aromatic N) is 1. The largest absolute Gasteiger partial charge is 1.00 e. The number of hydrogen-bond acceptors (Lipinski definition) is 2. The van der Waals surface area contributed by atoms with Crippen LogP contribution < -0.4 is 51.4 Å². The van der Waals surface area contributed by atoms with Crippen molar-refractivity contribution in [3.63, 3.8) is 0 Å². The molecule has 1 aliphatic heterocycles. The van der Waals surface area contributed by atoms with Crippen LogP contribution in [0.25, 0.3) is 0 Å². The smallest absolute Gasteiger partial charge is 0.449 e. The predicted molar refractivity (Wildman–Crippen MR) is 67.2 cm³/mol. The van der Waals surface area contributed by atoms with Crippen LogP contribution >= 0.6 is 0 Å². The number of carbonyl (C=O) groups excluding carboxylic acids is 1. The van der Waals surface area contributed by atoms with Crippen LogP contribution in [0.5, 0.6) is 0 Å². The third-order valence-corrected chi connectivity index (χ3v) is 4.25. The minimum Gasteiger partial charge on any atom is -0.449 e. The molecule has 1 heterocycles. The van der Waals surface area contributed by atoms with Crippen molar-refractivity contribution in [2.45, 2.75) is 51.0 Å². The molecule has 2 aliphatic rings. The zero-order valence-electron chi connectivity index (χ0n) is 13.1. The fraction of sp³-hybridized carbons (Fsp3) is 0.917. The third-order valence-electron chi connectivity index (χ3n) is 4.25. The fourth-order valence-electron chi connectivity index (χ4n) is 3.20. The van der Waals surface area contributed by atoms with Gasteiger partial charge in [-0.05, 0) is 33.6 Å². The minimum atomic E-state index is -5.57. The monoisotopic (exact) mass is 353 g/mol. The number of piperidine rings is 1. The van der Waals surface area contributed by atoms with E-state index in [1.807, 2.05) is 0 Å². The number of rotatable bonds is 1. The molecule has 1 amide bonds. The molecule has 1 spiro atoms. The van der Waals surface area contributed by atoms with Gasteiger partial charge in [-0.3, -0.25) is 0 Å². The van der Waals surface area contributed by atoms with Gasteiger partial charge < -0.3 is 22.6 Å². The summed E-state index contributed by atoms with van der Waals surface area (Å²) in [5.74, 6) is -6.23. The second-order valence-electron chi connectivity index (χ2n) is 6.85. The Balaban J connectivity index is 0.00000242. The summed E-state index contributed by atoms with van der Waals surface area (Å²) >= 11 is 0. The normalized spacial score (nSPS) is 26.4. The molecule has 0 aromatic rings. The first kappa shape index (κ1) is 20.7. The number of halogens is 5. The molecule has 0 aromatic carbocycles. The third kappa shape index (κ3) is 3.65. The molecule has 0 aromatic heterocycles. The first-order valence-corrected chi connectivity index (χ1v) is 6.87. The Hall–Kier alpha value is 0.621. The van der Waals surface area contributed by atoms with Crippen molar-refractivity contribution in [1.82, 2.24) is 4.90 Å². The van der Waals surface area contributed by atoms with E-state index in [2.05, 4.69) is 0 Å². The number of carbonyl (C=O) groups is 1. The standard InChI is InChI=1S/C12H18BF5NO2.K/c1-10(2,3)21-9(20)19-6-4-11(5-7-19)8(12(11,14)15)13(16,17)18;/h8H,4-7H2,1-3H3;/q-1;+1. The van der Waals surface area contributed by atoms with E-state index < -0.39 is 35.8 Å². The number of likely N-dealkylation sites (tertiary alicyclic amines) is 1. The SMILES string of the molecule is CC(C)(C)OC(=O)N1CCC2(CC1)C([B-](F)(F)F)C2(F)F.[K+]. The van der Waals surface area contributed by atoms with E-state index in [0.29, 0.717) is 0 Å². The van der Waals surface area contributed by atoms with E-state index in [0.717, 1.165) is 0 Å². The van der Waals surface area contributed by atoms with Gasteiger partial charge in [0.1, 0.15) is 5.60 Å². The van der Waals surface area contributed by atoms with Gasteiger partial charge in [0.05, 0.1) is 0 Å². The summed E-state index contributed by atoms with van der Waals surface area (Å²) in [4.78, 5) is 13.0. The first-order valence-electron chi connectivity index (χ1n) is 6.87. The van der Waals surface area contributed by atoms with Gasteiger partial charge in [0.15, 0.2) is 0 Å². The van der Waals surface area contributed by atoms with Gasteiger partial charge in [0.2, 0.25) is 5.92 Å². The van der Waals surface area contributed by atoms with E-state index in [4.69, 9.17) is 4.74 Å². The van der Waals surface area contributed by atoms with E-state index >= 15 is 0 Å². The van der Waals surface area contributed by atoms with Crippen LogP contribution in [0.4, 0.5) is 26.5 Å². The van der Waals surface area contributed by atoms with E-state index in [9.17, 15) is 26.5 Å². The van der Waals surface area contributed by atoms with Gasteiger partial charge in [0, 0.05) is 24.3 Å². The molecule has 1 atom stereocenters. The molecule has 1 saturated heterocycles. The fourth-order valence-corrected chi connectivity index (χ4v) is 3.20. The summed E-state index contributed by atoms with van der Waals surface area (Å²) in [6, 6.07) is 0. The Morgan fingerprint density at radius 1 is 1.18 bits per heavy atom. The van der Waals surface area contributed by atoms with Gasteiger partial charge in [-0.2, -0.15) is 0 Å². The maximum absolute atomic E-state index is 13.6. The summed E-state index contributed by atoms with van der Waals surface area (Å²) in [5.41, 5.74) is -2.74. The molecule has 10 heteroatoms. The van der Waals surface area contributed by atoms with Crippen LogP contribution in [0.2, 0.25) is 5.82 Å². The summed E-state index contributed by atoms with van der Waals surface area (Å²) in [6.45, 7) is -0.856. The van der Waals surface area contributed by atoms with Gasteiger partial charge >= 0.3 is 64.5 Å². The van der Waals surface area contributed by atoms with Gasteiger partial charge in [-0.25, -0.2) is 13.6 Å². The van der Waals surface area contributed by atoms with Crippen LogP contribution in [-0.2, 0) is 4.74 Å². The van der Waals surface area contributed by atoms with Crippen molar-refractivity contribution >= 4 is 13.1 Å². The zero-order valence-corrected chi connectivity index (χ0v) is 16.3. The second kappa shape index (κ2) is 6.16. The summed E-state index contributed by atoms with van der Waals surface area (Å²) in [6.07, 6.45) is -1.36. The molecule has 2 fully saturated rings. The molecule has 3 nitrogen and oxygen atoms in total. The maximum atomic E-state index is 13.6. The zero-order chi connectivity index (χ0) is 16.3. The topological polar surface area (TPSA) is 29.5 Å². The molecule has 1 aliphatic carbocycles. The Morgan fingerprint density at radius 2 is 1.64 bits per heavy atom. The summed E-state index contributed by atoms with van der Waals surface area (Å²) < 4.78 is 70.4. The van der Waals surface area contributed by atoms with Crippen LogP contribution in [0.1, 0.15) is 33.6 Å². The van der Waals surface area contributed by atoms with Crippen LogP contribution in [-0.4, -0.2) is 42.6 Å². The molecule has 1 unspecified atom stereocenters. The molecule has 22 heavy (non-hydrogen) atoms. The van der Waals surface area contributed by atoms with Gasteiger partial charge in [-0.15, -0.1) is 0 Å². The molecule has 0 radical (unpaired) electrons. The molecular weight excluding hydrogens is 335 g/mol. The van der Waals surface area contributed by atoms with E-state index in [1.54, 1.807) is 20.8 Å². The molecular formula is C12H18BF5KNO2. The van der Waals surface area contributed by atoms with E-state index in [-0.39, 0.29) is 77.3 Å². The Morgan fingerprint density at radius 3 is 1.95 bits per heavy atom. The Labute approximate surface area is 168 Å². The second-order valence-corrected chi connectivity index (χ2v) is 6.85. The van der Waals surface area contributed by atoms with Crippen molar-refractivity contribution in [3.8, 4) is 0 Å². The number of amides is 1. The minimum absolute atomic E-state index is 0. The maximum Gasteiger partial charge on any atom is 1.00 e. The predicted octanol–water partition coefficient (Wildman–Crippen LogP) is 0.874. The molecule has 1 saturated carbocycles. The van der Waals surface area contributed by atoms with Gasteiger partial charge in [-0.1, -0.05) is 0 Å². The van der Waals surface area contributed by atoms with Crippen LogP contribution in [0.15, 0.2) is 0 Å². The van der Waals surface area contributed by atoms with Crippen molar-refractivity contribution in [2.75, 3.05) is 13.1 Å². The number of alkyl halides is 2. The van der Waals surface area contributed by atoms with Crippen molar-refractivity contribution in [1.29, 1.82) is 0 Å². The summed E-state index contributed by atoms with van der Waals surface area (Å²) in [5, 5.41) is 0. The molecule has 2 rings (SSSR count). The van der Waals surface area contributed by atoms with Crippen LogP contribution in [0, 0.1) is 5.41 Å². The van der Waals surface area contributed by atoms with E-state index in [1.165, 1.54) is 4.90 Å².